The predicted molar refractivity (Wildman–Crippen MR) is 153 cm³/mol. The minimum Gasteiger partial charge on any atom is -0.507 e. The van der Waals surface area contributed by atoms with Gasteiger partial charge in [0.15, 0.2) is 22.4 Å². The fraction of sp³-hybridized carbons (Fsp3) is 0.333. The molecule has 1 aliphatic heterocycles. The molecule has 1 aromatic heterocycles. The van der Waals surface area contributed by atoms with E-state index in [0.29, 0.717) is 51.5 Å². The van der Waals surface area contributed by atoms with Crippen molar-refractivity contribution in [2.24, 2.45) is 5.92 Å². The molecule has 1 saturated heterocycles. The first-order valence-corrected chi connectivity index (χ1v) is 13.6. The van der Waals surface area contributed by atoms with Crippen LogP contribution in [0.3, 0.4) is 0 Å². The van der Waals surface area contributed by atoms with Gasteiger partial charge in [-0.25, -0.2) is 4.98 Å². The lowest BCUT2D eigenvalue weighted by Crippen LogP contribution is -2.29. The maximum Gasteiger partial charge on any atom is 0.301 e. The zero-order chi connectivity index (χ0) is 29.1. The molecule has 0 saturated carbocycles. The number of aryl methyl sites for hydroxylation is 1. The highest BCUT2D eigenvalue weighted by Crippen LogP contribution is 2.45. The molecule has 2 aromatic carbocycles. The lowest BCUT2D eigenvalue weighted by Gasteiger charge is -2.24. The number of anilines is 1. The van der Waals surface area contributed by atoms with Crippen molar-refractivity contribution in [1.29, 1.82) is 0 Å². The number of benzene rings is 2. The highest BCUT2D eigenvalue weighted by Gasteiger charge is 2.48. The number of carbonyl (C=O) groups is 3. The van der Waals surface area contributed by atoms with E-state index in [1.807, 2.05) is 0 Å². The van der Waals surface area contributed by atoms with E-state index in [1.54, 1.807) is 49.4 Å². The smallest absolute Gasteiger partial charge is 0.301 e. The second kappa shape index (κ2) is 11.9. The van der Waals surface area contributed by atoms with Gasteiger partial charge in [-0.05, 0) is 61.2 Å². The summed E-state index contributed by atoms with van der Waals surface area (Å²) in [4.78, 5) is 45.2. The Morgan fingerprint density at radius 2 is 1.77 bits per heavy atom. The van der Waals surface area contributed by atoms with E-state index < -0.39 is 17.7 Å². The van der Waals surface area contributed by atoms with Gasteiger partial charge in [-0.2, -0.15) is 0 Å². The second-order valence-electron chi connectivity index (χ2n) is 9.81. The third kappa shape index (κ3) is 5.58. The Balaban J connectivity index is 1.88. The van der Waals surface area contributed by atoms with Crippen LogP contribution in [0.1, 0.15) is 59.7 Å². The van der Waals surface area contributed by atoms with Crippen LogP contribution in [0, 0.1) is 12.8 Å². The number of ether oxygens (including phenoxy) is 3. The largest absolute Gasteiger partial charge is 0.507 e. The molecule has 1 aliphatic rings. The van der Waals surface area contributed by atoms with Gasteiger partial charge in [0.2, 0.25) is 0 Å². The number of thiazole rings is 1. The number of aromatic nitrogens is 1. The van der Waals surface area contributed by atoms with Crippen LogP contribution in [0.5, 0.6) is 17.2 Å². The van der Waals surface area contributed by atoms with Crippen LogP contribution in [-0.2, 0) is 9.59 Å². The lowest BCUT2D eigenvalue weighted by molar-refractivity contribution is -0.132. The van der Waals surface area contributed by atoms with E-state index in [-0.39, 0.29) is 22.2 Å². The summed E-state index contributed by atoms with van der Waals surface area (Å²) in [5.41, 5.74) is 1.18. The maximum absolute atomic E-state index is 13.5. The topological polar surface area (TPSA) is 115 Å². The van der Waals surface area contributed by atoms with Gasteiger partial charge in [0.05, 0.1) is 43.0 Å². The molecule has 2 heterocycles. The standard InChI is InChI=1S/C30H32N2O7S/c1-16(2)13-14-39-22-12-9-20(15-23(22)38-6)25-24(26(34)19-7-10-21(37-5)11-8-19)27(35)29(36)32(25)30-31-17(3)28(40-30)18(4)33/h7-12,15-16,25,34H,13-14H2,1-6H3. The highest BCUT2D eigenvalue weighted by atomic mass is 32.1. The Bertz CT molecular complexity index is 1470. The summed E-state index contributed by atoms with van der Waals surface area (Å²) < 4.78 is 16.7. The van der Waals surface area contributed by atoms with E-state index in [4.69, 9.17) is 14.2 Å². The summed E-state index contributed by atoms with van der Waals surface area (Å²) in [7, 11) is 3.03. The van der Waals surface area contributed by atoms with Crippen molar-refractivity contribution in [3.63, 3.8) is 0 Å². The average Bonchev–Trinajstić information content (AvgIpc) is 3.44. The number of hydrogen-bond acceptors (Lipinski definition) is 9. The third-order valence-corrected chi connectivity index (χ3v) is 7.83. The van der Waals surface area contributed by atoms with E-state index >= 15 is 0 Å². The number of hydrogen-bond donors (Lipinski definition) is 1. The number of aliphatic hydroxyl groups is 1. The van der Waals surface area contributed by atoms with E-state index in [2.05, 4.69) is 18.8 Å². The Morgan fingerprint density at radius 3 is 2.35 bits per heavy atom. The molecule has 210 valence electrons. The minimum atomic E-state index is -1.04. The van der Waals surface area contributed by atoms with Crippen LogP contribution in [-0.4, -0.2) is 48.4 Å². The van der Waals surface area contributed by atoms with Gasteiger partial charge in [0.25, 0.3) is 5.78 Å². The van der Waals surface area contributed by atoms with E-state index in [0.717, 1.165) is 17.8 Å². The average molecular weight is 565 g/mol. The molecule has 0 radical (unpaired) electrons. The Kier molecular flexibility index (Phi) is 8.58. The predicted octanol–water partition coefficient (Wildman–Crippen LogP) is 5.72. The zero-order valence-electron chi connectivity index (χ0n) is 23.3. The summed E-state index contributed by atoms with van der Waals surface area (Å²) in [5, 5.41) is 11.6. The molecule has 4 rings (SSSR count). The number of rotatable bonds is 10. The molecular formula is C30H32N2O7S. The zero-order valence-corrected chi connectivity index (χ0v) is 24.1. The summed E-state index contributed by atoms with van der Waals surface area (Å²) >= 11 is 1.03. The van der Waals surface area contributed by atoms with Gasteiger partial charge >= 0.3 is 5.91 Å². The van der Waals surface area contributed by atoms with Crippen LogP contribution >= 0.6 is 11.3 Å². The Hall–Kier alpha value is -4.18. The first-order valence-electron chi connectivity index (χ1n) is 12.8. The van der Waals surface area contributed by atoms with Crippen molar-refractivity contribution in [1.82, 2.24) is 4.98 Å². The van der Waals surface area contributed by atoms with Crippen LogP contribution < -0.4 is 19.1 Å². The number of aliphatic hydroxyl groups excluding tert-OH is 1. The van der Waals surface area contributed by atoms with Crippen molar-refractivity contribution in [3.8, 4) is 17.2 Å². The van der Waals surface area contributed by atoms with E-state index in [1.165, 1.54) is 26.0 Å². The molecule has 1 atom stereocenters. The minimum absolute atomic E-state index is 0.108. The fourth-order valence-electron chi connectivity index (χ4n) is 4.44. The molecule has 9 nitrogen and oxygen atoms in total. The molecular weight excluding hydrogens is 532 g/mol. The summed E-state index contributed by atoms with van der Waals surface area (Å²) in [6, 6.07) is 10.6. The summed E-state index contributed by atoms with van der Waals surface area (Å²) in [5.74, 6) is -0.307. The van der Waals surface area contributed by atoms with Crippen molar-refractivity contribution in [3.05, 3.63) is 69.7 Å². The summed E-state index contributed by atoms with van der Waals surface area (Å²) in [6.07, 6.45) is 0.856. The number of nitrogens with zero attached hydrogens (tertiary/aromatic N) is 2. The van der Waals surface area contributed by atoms with Crippen LogP contribution in [0.2, 0.25) is 0 Å². The quantitative estimate of drug-likeness (QED) is 0.144. The van der Waals surface area contributed by atoms with E-state index in [9.17, 15) is 19.5 Å². The lowest BCUT2D eigenvalue weighted by atomic mass is 9.95. The molecule has 1 unspecified atom stereocenters. The molecule has 1 N–H and O–H groups in total. The number of amides is 1. The number of ketones is 2. The molecule has 1 amide bonds. The van der Waals surface area contributed by atoms with Gasteiger partial charge in [-0.3, -0.25) is 19.3 Å². The summed E-state index contributed by atoms with van der Waals surface area (Å²) in [6.45, 7) is 7.80. The van der Waals surface area contributed by atoms with Crippen molar-refractivity contribution >= 4 is 39.7 Å². The van der Waals surface area contributed by atoms with Gasteiger partial charge in [0.1, 0.15) is 11.5 Å². The van der Waals surface area contributed by atoms with Gasteiger partial charge in [-0.1, -0.05) is 31.3 Å². The molecule has 3 aromatic rings. The monoisotopic (exact) mass is 564 g/mol. The van der Waals surface area contributed by atoms with Crippen molar-refractivity contribution < 1.29 is 33.7 Å². The molecule has 1 fully saturated rings. The van der Waals surface area contributed by atoms with Gasteiger partial charge in [0, 0.05) is 12.5 Å². The Morgan fingerprint density at radius 1 is 1.07 bits per heavy atom. The van der Waals surface area contributed by atoms with Gasteiger partial charge < -0.3 is 19.3 Å². The Labute approximate surface area is 237 Å². The highest BCUT2D eigenvalue weighted by molar-refractivity contribution is 7.18. The third-order valence-electron chi connectivity index (χ3n) is 6.58. The normalized spacial score (nSPS) is 16.5. The van der Waals surface area contributed by atoms with Crippen LogP contribution in [0.25, 0.3) is 5.76 Å². The van der Waals surface area contributed by atoms with Crippen LogP contribution in [0.15, 0.2) is 48.0 Å². The van der Waals surface area contributed by atoms with Crippen molar-refractivity contribution in [2.45, 2.75) is 40.2 Å². The number of Topliss-reactive ketones (excluding diaryl/α,β-unsaturated/α-hetero) is 2. The maximum atomic E-state index is 13.5. The first-order chi connectivity index (χ1) is 19.1. The molecule has 40 heavy (non-hydrogen) atoms. The SMILES string of the molecule is COc1ccc(C(O)=C2C(=O)C(=O)N(c3nc(C)c(C(C)=O)s3)C2c2ccc(OCCC(C)C)c(OC)c2)cc1. The fourth-order valence-corrected chi connectivity index (χ4v) is 5.43. The molecule has 10 heteroatoms. The molecule has 0 spiro atoms. The van der Waals surface area contributed by atoms with Crippen LogP contribution in [0.4, 0.5) is 5.13 Å². The van der Waals surface area contributed by atoms with Crippen molar-refractivity contribution in [2.75, 3.05) is 25.7 Å². The second-order valence-corrected chi connectivity index (χ2v) is 10.8. The van der Waals surface area contributed by atoms with Gasteiger partial charge in [-0.15, -0.1) is 0 Å². The number of methoxy groups -OCH3 is 2. The molecule has 0 bridgehead atoms. The number of carbonyl (C=O) groups excluding carboxylic acids is 3. The molecule has 0 aliphatic carbocycles. The first kappa shape index (κ1) is 28.8.